The normalized spacial score (nSPS) is 21.4. The van der Waals surface area contributed by atoms with Gasteiger partial charge in [0.2, 0.25) is 0 Å². The average Bonchev–Trinajstić information content (AvgIpc) is 3.02. The van der Waals surface area contributed by atoms with E-state index in [1.165, 1.54) is 54.1 Å². The van der Waals surface area contributed by atoms with Gasteiger partial charge >= 0.3 is 0 Å². The lowest BCUT2D eigenvalue weighted by molar-refractivity contribution is 0.616. The van der Waals surface area contributed by atoms with Gasteiger partial charge in [0.05, 0.1) is 0 Å². The third-order valence-electron chi connectivity index (χ3n) is 4.41. The highest BCUT2D eigenvalue weighted by Crippen LogP contribution is 2.40. The Morgan fingerprint density at radius 2 is 2.19 bits per heavy atom. The molecule has 4 rings (SSSR count). The maximum absolute atomic E-state index is 4.50. The fourth-order valence-corrected chi connectivity index (χ4v) is 5.11. The zero-order chi connectivity index (χ0) is 14.1. The highest BCUT2D eigenvalue weighted by molar-refractivity contribution is 7.11. The molecular formula is C16H21N3S2. The predicted molar refractivity (Wildman–Crippen MR) is 88.4 cm³/mol. The summed E-state index contributed by atoms with van der Waals surface area (Å²) in [6.45, 7) is 1.12. The molecule has 3 nitrogen and oxygen atoms in total. The first-order valence-corrected chi connectivity index (χ1v) is 9.71. The quantitative estimate of drug-likeness (QED) is 0.824. The first-order chi connectivity index (χ1) is 10.4. The van der Waals surface area contributed by atoms with E-state index in [9.17, 15) is 0 Å². The fourth-order valence-electron chi connectivity index (χ4n) is 3.08. The van der Waals surface area contributed by atoms with Crippen molar-refractivity contribution >= 4 is 22.7 Å². The summed E-state index contributed by atoms with van der Waals surface area (Å²) >= 11 is 3.74. The maximum Gasteiger partial charge on any atom is 0.124 e. The minimum Gasteiger partial charge on any atom is -0.314 e. The van der Waals surface area contributed by atoms with Crippen LogP contribution in [0.2, 0.25) is 0 Å². The van der Waals surface area contributed by atoms with Crippen LogP contribution in [0, 0.1) is 0 Å². The number of aryl methyl sites for hydroxylation is 2. The van der Waals surface area contributed by atoms with Crippen LogP contribution in [0.15, 0.2) is 11.4 Å². The highest BCUT2D eigenvalue weighted by Gasteiger charge is 2.25. The van der Waals surface area contributed by atoms with Crippen molar-refractivity contribution in [2.75, 3.05) is 6.54 Å². The Morgan fingerprint density at radius 3 is 3.10 bits per heavy atom. The summed E-state index contributed by atoms with van der Waals surface area (Å²) in [5.74, 6) is 0.510. The molecule has 112 valence electrons. The molecule has 5 heteroatoms. The summed E-state index contributed by atoms with van der Waals surface area (Å²) in [7, 11) is 0. The second kappa shape index (κ2) is 6.15. The van der Waals surface area contributed by atoms with Crippen LogP contribution < -0.4 is 5.32 Å². The van der Waals surface area contributed by atoms with Crippen LogP contribution in [0.3, 0.4) is 0 Å². The minimum atomic E-state index is 0.510. The van der Waals surface area contributed by atoms with Gasteiger partial charge < -0.3 is 5.32 Å². The summed E-state index contributed by atoms with van der Waals surface area (Å²) in [6.07, 6.45) is 8.77. The molecule has 0 aliphatic heterocycles. The monoisotopic (exact) mass is 319 g/mol. The third-order valence-corrected chi connectivity index (χ3v) is 6.50. The standard InChI is InChI=1S/C16H21N3S2/c1-3-13(12-8-10-20-14(12)4-1)16-19-18-15(21-16)5-2-9-17-11-6-7-11/h8,10-11,13,17H,1-7,9H2. The number of nitrogens with zero attached hydrogens (tertiary/aromatic N) is 2. The van der Waals surface area contributed by atoms with E-state index in [1.54, 1.807) is 4.88 Å². The van der Waals surface area contributed by atoms with Crippen LogP contribution >= 0.6 is 22.7 Å². The fraction of sp³-hybridized carbons (Fsp3) is 0.625. The summed E-state index contributed by atoms with van der Waals surface area (Å²) < 4.78 is 0. The van der Waals surface area contributed by atoms with E-state index in [0.29, 0.717) is 5.92 Å². The molecular weight excluding hydrogens is 298 g/mol. The van der Waals surface area contributed by atoms with E-state index in [1.807, 2.05) is 22.7 Å². The molecule has 2 heterocycles. The molecule has 0 bridgehead atoms. The Bertz CT molecular complexity index is 600. The van der Waals surface area contributed by atoms with Crippen LogP contribution in [0.5, 0.6) is 0 Å². The Kier molecular flexibility index (Phi) is 4.05. The zero-order valence-corrected chi connectivity index (χ0v) is 13.8. The number of aromatic nitrogens is 2. The molecule has 0 aromatic carbocycles. The van der Waals surface area contributed by atoms with Gasteiger partial charge in [-0.25, -0.2) is 0 Å². The lowest BCUT2D eigenvalue weighted by atomic mass is 9.88. The second-order valence-corrected chi connectivity index (χ2v) is 8.20. The van der Waals surface area contributed by atoms with Gasteiger partial charge in [-0.1, -0.05) is 0 Å². The molecule has 0 amide bonds. The van der Waals surface area contributed by atoms with Crippen molar-refractivity contribution in [2.24, 2.45) is 0 Å². The van der Waals surface area contributed by atoms with Crippen molar-refractivity contribution in [3.05, 3.63) is 31.9 Å². The van der Waals surface area contributed by atoms with Crippen LogP contribution in [0.25, 0.3) is 0 Å². The number of hydrogen-bond acceptors (Lipinski definition) is 5. The zero-order valence-electron chi connectivity index (χ0n) is 12.2. The second-order valence-electron chi connectivity index (χ2n) is 6.11. The number of rotatable bonds is 6. The Labute approximate surface area is 133 Å². The van der Waals surface area contributed by atoms with E-state index in [4.69, 9.17) is 0 Å². The molecule has 2 aromatic rings. The number of thiophene rings is 1. The SMILES string of the molecule is c1cc2c(s1)CCCC2c1nnc(CCCNC2CC2)s1. The highest BCUT2D eigenvalue weighted by atomic mass is 32.1. The molecule has 2 aromatic heterocycles. The predicted octanol–water partition coefficient (Wildman–Crippen LogP) is 3.75. The van der Waals surface area contributed by atoms with E-state index in [-0.39, 0.29) is 0 Å². The molecule has 1 fully saturated rings. The van der Waals surface area contributed by atoms with E-state index in [0.717, 1.165) is 19.0 Å². The van der Waals surface area contributed by atoms with Crippen molar-refractivity contribution in [1.29, 1.82) is 0 Å². The Balaban J connectivity index is 1.38. The van der Waals surface area contributed by atoms with E-state index in [2.05, 4.69) is 27.0 Å². The molecule has 1 saturated carbocycles. The Morgan fingerprint density at radius 1 is 1.24 bits per heavy atom. The minimum absolute atomic E-state index is 0.510. The third kappa shape index (κ3) is 3.20. The number of nitrogens with one attached hydrogen (secondary N) is 1. The summed E-state index contributed by atoms with van der Waals surface area (Å²) in [5, 5.41) is 17.2. The van der Waals surface area contributed by atoms with Gasteiger partial charge in [0.25, 0.3) is 0 Å². The van der Waals surface area contributed by atoms with Gasteiger partial charge in [-0.15, -0.1) is 32.9 Å². The molecule has 2 aliphatic carbocycles. The molecule has 1 N–H and O–H groups in total. The largest absolute Gasteiger partial charge is 0.314 e. The average molecular weight is 319 g/mol. The molecule has 0 radical (unpaired) electrons. The van der Waals surface area contributed by atoms with Crippen molar-refractivity contribution in [3.63, 3.8) is 0 Å². The molecule has 1 unspecified atom stereocenters. The lowest BCUT2D eigenvalue weighted by Crippen LogP contribution is -2.17. The van der Waals surface area contributed by atoms with Crippen molar-refractivity contribution in [2.45, 2.75) is 56.9 Å². The molecule has 0 saturated heterocycles. The lowest BCUT2D eigenvalue weighted by Gasteiger charge is -2.19. The number of fused-ring (bicyclic) bond motifs is 1. The van der Waals surface area contributed by atoms with E-state index >= 15 is 0 Å². The van der Waals surface area contributed by atoms with Crippen molar-refractivity contribution in [3.8, 4) is 0 Å². The van der Waals surface area contributed by atoms with Gasteiger partial charge in [-0.3, -0.25) is 0 Å². The van der Waals surface area contributed by atoms with Crippen LogP contribution in [0.4, 0.5) is 0 Å². The molecule has 2 aliphatic rings. The van der Waals surface area contributed by atoms with E-state index < -0.39 is 0 Å². The van der Waals surface area contributed by atoms with Gasteiger partial charge in [-0.2, -0.15) is 0 Å². The molecule has 0 spiro atoms. The van der Waals surface area contributed by atoms with Crippen molar-refractivity contribution in [1.82, 2.24) is 15.5 Å². The topological polar surface area (TPSA) is 37.8 Å². The van der Waals surface area contributed by atoms with Gasteiger partial charge in [0.1, 0.15) is 10.0 Å². The maximum atomic E-state index is 4.50. The first kappa shape index (κ1) is 13.9. The smallest absolute Gasteiger partial charge is 0.124 e. The molecule has 21 heavy (non-hydrogen) atoms. The summed E-state index contributed by atoms with van der Waals surface area (Å²) in [4.78, 5) is 1.57. The van der Waals surface area contributed by atoms with Crippen molar-refractivity contribution < 1.29 is 0 Å². The Hall–Kier alpha value is -0.780. The van der Waals surface area contributed by atoms with Gasteiger partial charge in [-0.05, 0) is 62.1 Å². The van der Waals surface area contributed by atoms with Gasteiger partial charge in [0, 0.05) is 23.3 Å². The van der Waals surface area contributed by atoms with Crippen LogP contribution in [-0.2, 0) is 12.8 Å². The summed E-state index contributed by atoms with van der Waals surface area (Å²) in [6, 6.07) is 3.11. The number of hydrogen-bond donors (Lipinski definition) is 1. The van der Waals surface area contributed by atoms with Gasteiger partial charge in [0.15, 0.2) is 0 Å². The first-order valence-electron chi connectivity index (χ1n) is 8.02. The summed E-state index contributed by atoms with van der Waals surface area (Å²) in [5.41, 5.74) is 1.52. The van der Waals surface area contributed by atoms with Crippen LogP contribution in [0.1, 0.15) is 58.5 Å². The molecule has 1 atom stereocenters. The van der Waals surface area contributed by atoms with Crippen LogP contribution in [-0.4, -0.2) is 22.8 Å².